The van der Waals surface area contributed by atoms with Crippen molar-refractivity contribution in [3.8, 4) is 10.6 Å². The Labute approximate surface area is 215 Å². The van der Waals surface area contributed by atoms with Gasteiger partial charge in [-0.1, -0.05) is 0 Å². The number of amides is 1. The molecule has 1 aliphatic rings. The molecule has 1 saturated heterocycles. The molecule has 4 aromatic rings. The molecule has 194 valence electrons. The molecule has 0 radical (unpaired) electrons. The van der Waals surface area contributed by atoms with Crippen LogP contribution in [-0.4, -0.2) is 34.6 Å². The number of halogens is 3. The number of piperidine rings is 1. The van der Waals surface area contributed by atoms with E-state index in [4.69, 9.17) is 0 Å². The molecule has 0 bridgehead atoms. The molecule has 0 unspecified atom stereocenters. The van der Waals surface area contributed by atoms with Crippen molar-refractivity contribution in [1.82, 2.24) is 14.7 Å². The summed E-state index contributed by atoms with van der Waals surface area (Å²) in [7, 11) is 0. The van der Waals surface area contributed by atoms with Gasteiger partial charge in [-0.05, 0) is 44.0 Å². The van der Waals surface area contributed by atoms with E-state index in [2.05, 4.69) is 10.3 Å². The van der Waals surface area contributed by atoms with Crippen molar-refractivity contribution in [2.45, 2.75) is 39.4 Å². The number of fused-ring (bicyclic) bond motifs is 1. The fourth-order valence-electron chi connectivity index (χ4n) is 4.61. The normalized spacial score (nSPS) is 14.9. The lowest BCUT2D eigenvalue weighted by Crippen LogP contribution is -2.39. The quantitative estimate of drug-likeness (QED) is 0.291. The Kier molecular flexibility index (Phi) is 6.57. The highest BCUT2D eigenvalue weighted by Crippen LogP contribution is 2.37. The number of thiophene rings is 1. The fraction of sp³-hybridized carbons (Fsp3) is 0.346. The van der Waals surface area contributed by atoms with Crippen LogP contribution in [0.4, 0.5) is 18.9 Å². The number of pyridine rings is 2. The number of aryl methyl sites for hydroxylation is 2. The molecule has 5 heterocycles. The number of anilines is 1. The summed E-state index contributed by atoms with van der Waals surface area (Å²) in [5.74, 6) is -1.68. The Bertz CT molecular complexity index is 1450. The van der Waals surface area contributed by atoms with Gasteiger partial charge in [0, 0.05) is 49.3 Å². The second kappa shape index (κ2) is 9.70. The summed E-state index contributed by atoms with van der Waals surface area (Å²) in [6, 6.07) is 9.14. The van der Waals surface area contributed by atoms with Gasteiger partial charge in [0.1, 0.15) is 0 Å². The van der Waals surface area contributed by atoms with E-state index in [9.17, 15) is 23.2 Å². The van der Waals surface area contributed by atoms with Crippen molar-refractivity contribution in [2.24, 2.45) is 5.92 Å². The van der Waals surface area contributed by atoms with Gasteiger partial charge in [0.25, 0.3) is 5.91 Å². The molecule has 11 heteroatoms. The first-order valence-corrected chi connectivity index (χ1v) is 12.8. The lowest BCUT2D eigenvalue weighted by atomic mass is 9.96. The molecule has 7 nitrogen and oxygen atoms in total. The van der Waals surface area contributed by atoms with Crippen molar-refractivity contribution < 1.29 is 22.7 Å². The largest absolute Gasteiger partial charge is 0.619 e. The van der Waals surface area contributed by atoms with E-state index in [-0.39, 0.29) is 38.4 Å². The maximum Gasteiger partial charge on any atom is 0.391 e. The van der Waals surface area contributed by atoms with Crippen LogP contribution < -0.4 is 14.9 Å². The monoisotopic (exact) mass is 529 g/mol. The maximum atomic E-state index is 13.3. The molecule has 1 fully saturated rings. The van der Waals surface area contributed by atoms with Gasteiger partial charge in [-0.25, -0.2) is 4.98 Å². The Hall–Kier alpha value is -3.60. The molecule has 1 aliphatic heterocycles. The fourth-order valence-corrected chi connectivity index (χ4v) is 5.49. The van der Waals surface area contributed by atoms with Crippen molar-refractivity contribution >= 4 is 28.6 Å². The van der Waals surface area contributed by atoms with Crippen LogP contribution in [0.3, 0.4) is 0 Å². The molecule has 0 atom stereocenters. The molecular formula is C26H26F3N5O2S. The molecule has 0 aliphatic carbocycles. The molecular weight excluding hydrogens is 503 g/mol. The van der Waals surface area contributed by atoms with Gasteiger partial charge in [-0.3, -0.25) is 9.20 Å². The number of hydrogen-bond acceptors (Lipinski definition) is 5. The van der Waals surface area contributed by atoms with Crippen LogP contribution in [0.1, 0.15) is 39.3 Å². The molecule has 0 saturated carbocycles. The van der Waals surface area contributed by atoms with Crippen molar-refractivity contribution in [3.05, 3.63) is 75.8 Å². The number of alkyl halides is 3. The average Bonchev–Trinajstić information content (AvgIpc) is 3.49. The molecule has 1 N–H and O–H groups in total. The van der Waals surface area contributed by atoms with Gasteiger partial charge in [0.05, 0.1) is 33.9 Å². The summed E-state index contributed by atoms with van der Waals surface area (Å²) in [5.41, 5.74) is 3.59. The van der Waals surface area contributed by atoms with Crippen LogP contribution in [0.2, 0.25) is 0 Å². The minimum Gasteiger partial charge on any atom is -0.619 e. The third-order valence-corrected chi connectivity index (χ3v) is 7.79. The number of nitrogens with zero attached hydrogens (tertiary/aromatic N) is 4. The summed E-state index contributed by atoms with van der Waals surface area (Å²) in [6.07, 6.45) is 0.629. The zero-order valence-corrected chi connectivity index (χ0v) is 21.2. The third kappa shape index (κ3) is 5.13. The van der Waals surface area contributed by atoms with Gasteiger partial charge in [0.2, 0.25) is 0 Å². The number of nitrogens with one attached hydrogen (secondary N) is 1. The lowest BCUT2D eigenvalue weighted by Gasteiger charge is -2.34. The second-order valence-corrected chi connectivity index (χ2v) is 10.6. The average molecular weight is 530 g/mol. The van der Waals surface area contributed by atoms with E-state index >= 15 is 0 Å². The highest BCUT2D eigenvalue weighted by Gasteiger charge is 2.41. The van der Waals surface area contributed by atoms with Gasteiger partial charge >= 0.3 is 6.18 Å². The first-order chi connectivity index (χ1) is 17.6. The minimum absolute atomic E-state index is 0.00755. The van der Waals surface area contributed by atoms with Crippen molar-refractivity contribution in [3.63, 3.8) is 0 Å². The number of aromatic nitrogens is 3. The first kappa shape index (κ1) is 25.1. The van der Waals surface area contributed by atoms with Gasteiger partial charge in [-0.2, -0.15) is 17.9 Å². The Morgan fingerprint density at radius 3 is 2.62 bits per heavy atom. The van der Waals surface area contributed by atoms with Gasteiger partial charge < -0.3 is 15.4 Å². The molecule has 4 aromatic heterocycles. The number of carbonyl (C=O) groups is 1. The molecule has 37 heavy (non-hydrogen) atoms. The minimum atomic E-state index is -4.21. The van der Waals surface area contributed by atoms with Crippen molar-refractivity contribution in [1.29, 1.82) is 0 Å². The number of imidazole rings is 1. The topological polar surface area (TPSA) is 76.6 Å². The smallest absolute Gasteiger partial charge is 0.391 e. The summed E-state index contributed by atoms with van der Waals surface area (Å²) in [4.78, 5) is 21.8. The Balaban J connectivity index is 1.48. The summed E-state index contributed by atoms with van der Waals surface area (Å²) in [5, 5.41) is 14.7. The van der Waals surface area contributed by atoms with Crippen LogP contribution in [0.15, 0.2) is 48.9 Å². The van der Waals surface area contributed by atoms with Crippen LogP contribution in [0.5, 0.6) is 0 Å². The van der Waals surface area contributed by atoms with Crippen LogP contribution in [-0.2, 0) is 6.54 Å². The van der Waals surface area contributed by atoms with E-state index in [0.717, 1.165) is 20.2 Å². The maximum absolute atomic E-state index is 13.3. The summed E-state index contributed by atoms with van der Waals surface area (Å²) < 4.78 is 42.3. The highest BCUT2D eigenvalue weighted by molar-refractivity contribution is 7.15. The molecule has 5 rings (SSSR count). The molecule has 0 spiro atoms. The lowest BCUT2D eigenvalue weighted by molar-refractivity contribution is -0.612. The number of rotatable bonds is 5. The van der Waals surface area contributed by atoms with E-state index in [1.165, 1.54) is 6.20 Å². The van der Waals surface area contributed by atoms with Gasteiger partial charge in [-0.15, -0.1) is 11.3 Å². The molecule has 0 aromatic carbocycles. The number of hydrogen-bond donors (Lipinski definition) is 1. The van der Waals surface area contributed by atoms with Gasteiger partial charge in [0.15, 0.2) is 17.5 Å². The zero-order valence-electron chi connectivity index (χ0n) is 20.4. The highest BCUT2D eigenvalue weighted by atomic mass is 32.1. The zero-order chi connectivity index (χ0) is 26.3. The van der Waals surface area contributed by atoms with E-state index in [1.807, 2.05) is 28.4 Å². The van der Waals surface area contributed by atoms with E-state index in [1.54, 1.807) is 48.9 Å². The standard InChI is InChI=1S/C26H26F3N5O2S/c1-16-3-5-18(14-34(16)36)12-31-25(35)19-11-21(32-9-7-20(8-10-32)26(27,28)29)24-30-13-22(33(24)15-19)23-6-4-17(2)37-23/h3-6,11,13-15,20H,7-10,12H2,1-2H3,(H,31,35). The second-order valence-electron chi connectivity index (χ2n) is 9.35. The molecule has 1 amide bonds. The van der Waals surface area contributed by atoms with Crippen molar-refractivity contribution in [2.75, 3.05) is 18.0 Å². The van der Waals surface area contributed by atoms with E-state index < -0.39 is 12.1 Å². The predicted octanol–water partition coefficient (Wildman–Crippen LogP) is 5.02. The van der Waals surface area contributed by atoms with Crippen LogP contribution in [0, 0.1) is 25.0 Å². The third-order valence-electron chi connectivity index (χ3n) is 6.76. The Morgan fingerprint density at radius 1 is 1.22 bits per heavy atom. The SMILES string of the molecule is Cc1ccc(-c2cnc3c(N4CCC(C(F)(F)F)CC4)cc(C(=O)NCc4ccc(C)[n+]([O-])c4)cn23)s1. The number of carbonyl (C=O) groups excluding carboxylic acids is 1. The predicted molar refractivity (Wildman–Crippen MR) is 136 cm³/mol. The van der Waals surface area contributed by atoms with Crippen LogP contribution in [0.25, 0.3) is 16.2 Å². The summed E-state index contributed by atoms with van der Waals surface area (Å²) >= 11 is 1.60. The Morgan fingerprint density at radius 2 is 1.97 bits per heavy atom. The van der Waals surface area contributed by atoms with Crippen LogP contribution >= 0.6 is 11.3 Å². The van der Waals surface area contributed by atoms with E-state index in [0.29, 0.717) is 28.2 Å². The summed E-state index contributed by atoms with van der Waals surface area (Å²) in [6.45, 7) is 4.30. The first-order valence-electron chi connectivity index (χ1n) is 12.0.